The van der Waals surface area contributed by atoms with Gasteiger partial charge in [0.1, 0.15) is 17.2 Å². The maximum absolute atomic E-state index is 12.5. The summed E-state index contributed by atoms with van der Waals surface area (Å²) < 4.78 is 48.5. The molecule has 1 amide bonds. The van der Waals surface area contributed by atoms with Gasteiger partial charge in [-0.1, -0.05) is 0 Å². The molecular formula is C18H18F3NO3. The number of amides is 1. The van der Waals surface area contributed by atoms with E-state index in [9.17, 15) is 18.0 Å². The molecule has 0 saturated heterocycles. The lowest BCUT2D eigenvalue weighted by Crippen LogP contribution is -2.36. The summed E-state index contributed by atoms with van der Waals surface area (Å²) in [7, 11) is 0. The number of halogens is 3. The fourth-order valence-corrected chi connectivity index (χ4v) is 2.01. The van der Waals surface area contributed by atoms with Crippen molar-refractivity contribution >= 4 is 5.91 Å². The van der Waals surface area contributed by atoms with Crippen LogP contribution in [0, 0.1) is 0 Å². The first-order valence-corrected chi connectivity index (χ1v) is 7.69. The molecule has 0 aliphatic rings. The van der Waals surface area contributed by atoms with E-state index in [-0.39, 0.29) is 11.7 Å². The summed E-state index contributed by atoms with van der Waals surface area (Å²) >= 11 is 0. The number of carbonyl (C=O) groups is 1. The molecule has 7 heteroatoms. The first-order chi connectivity index (χ1) is 11.8. The molecule has 25 heavy (non-hydrogen) atoms. The van der Waals surface area contributed by atoms with Crippen LogP contribution in [-0.2, 0) is 11.0 Å². The van der Waals surface area contributed by atoms with Crippen LogP contribution in [0.5, 0.6) is 17.2 Å². The summed E-state index contributed by atoms with van der Waals surface area (Å²) in [6, 6.07) is 10.9. The van der Waals surface area contributed by atoms with Crippen LogP contribution in [0.2, 0.25) is 0 Å². The van der Waals surface area contributed by atoms with Gasteiger partial charge in [-0.2, -0.15) is 13.2 Å². The molecule has 0 saturated carbocycles. The van der Waals surface area contributed by atoms with Gasteiger partial charge < -0.3 is 14.8 Å². The van der Waals surface area contributed by atoms with E-state index in [1.807, 2.05) is 6.92 Å². The van der Waals surface area contributed by atoms with Gasteiger partial charge in [0.25, 0.3) is 5.91 Å². The van der Waals surface area contributed by atoms with E-state index in [1.165, 1.54) is 12.1 Å². The topological polar surface area (TPSA) is 47.6 Å². The average Bonchev–Trinajstić information content (AvgIpc) is 2.56. The zero-order valence-electron chi connectivity index (χ0n) is 13.8. The lowest BCUT2D eigenvalue weighted by Gasteiger charge is -2.14. The third kappa shape index (κ3) is 5.41. The van der Waals surface area contributed by atoms with Crippen LogP contribution in [0.15, 0.2) is 48.5 Å². The van der Waals surface area contributed by atoms with Crippen molar-refractivity contribution in [1.29, 1.82) is 0 Å². The molecule has 1 unspecified atom stereocenters. The number of likely N-dealkylation sites (N-methyl/N-ethyl adjacent to an activating group) is 1. The molecule has 2 aromatic rings. The van der Waals surface area contributed by atoms with Crippen molar-refractivity contribution in [3.05, 3.63) is 54.1 Å². The summed E-state index contributed by atoms with van der Waals surface area (Å²) in [4.78, 5) is 11.6. The van der Waals surface area contributed by atoms with Crippen molar-refractivity contribution in [2.45, 2.75) is 26.1 Å². The van der Waals surface area contributed by atoms with Gasteiger partial charge in [-0.25, -0.2) is 0 Å². The maximum Gasteiger partial charge on any atom is 0.416 e. The van der Waals surface area contributed by atoms with Crippen LogP contribution in [0.25, 0.3) is 0 Å². The van der Waals surface area contributed by atoms with E-state index >= 15 is 0 Å². The Hall–Kier alpha value is -2.70. The Bertz CT molecular complexity index is 697. The molecule has 134 valence electrons. The average molecular weight is 353 g/mol. The van der Waals surface area contributed by atoms with E-state index < -0.39 is 17.8 Å². The predicted octanol–water partition coefficient (Wildman–Crippen LogP) is 4.40. The monoisotopic (exact) mass is 353 g/mol. The molecule has 0 radical (unpaired) electrons. The van der Waals surface area contributed by atoms with E-state index in [0.717, 1.165) is 12.1 Å². The van der Waals surface area contributed by atoms with E-state index in [0.29, 0.717) is 18.0 Å². The Morgan fingerprint density at radius 3 is 1.96 bits per heavy atom. The van der Waals surface area contributed by atoms with Gasteiger partial charge in [-0.05, 0) is 62.4 Å². The van der Waals surface area contributed by atoms with Crippen molar-refractivity contribution in [3.8, 4) is 17.2 Å². The number of carbonyl (C=O) groups excluding carboxylic acids is 1. The van der Waals surface area contributed by atoms with Crippen molar-refractivity contribution in [3.63, 3.8) is 0 Å². The van der Waals surface area contributed by atoms with Crippen LogP contribution in [0.4, 0.5) is 13.2 Å². The third-order valence-corrected chi connectivity index (χ3v) is 3.27. The largest absolute Gasteiger partial charge is 0.481 e. The summed E-state index contributed by atoms with van der Waals surface area (Å²) in [5.74, 6) is 1.00. The minimum atomic E-state index is -4.38. The smallest absolute Gasteiger partial charge is 0.416 e. The highest BCUT2D eigenvalue weighted by Gasteiger charge is 2.30. The Labute approximate surface area is 143 Å². The highest BCUT2D eigenvalue weighted by molar-refractivity contribution is 5.80. The zero-order valence-corrected chi connectivity index (χ0v) is 13.8. The standard InChI is InChI=1S/C18H18F3NO3/c1-3-22-17(23)12(2)24-14-8-10-16(11-9-14)25-15-6-4-13(5-7-15)18(19,20)21/h4-12H,3H2,1-2H3,(H,22,23). The highest BCUT2D eigenvalue weighted by Crippen LogP contribution is 2.31. The Kier molecular flexibility index (Phi) is 5.90. The molecule has 1 atom stereocenters. The van der Waals surface area contributed by atoms with Gasteiger partial charge in [0.05, 0.1) is 5.56 Å². The second-order valence-corrected chi connectivity index (χ2v) is 5.25. The minimum absolute atomic E-state index is 0.215. The molecule has 0 bridgehead atoms. The van der Waals surface area contributed by atoms with Gasteiger partial charge >= 0.3 is 6.18 Å². The molecule has 0 aliphatic carbocycles. The van der Waals surface area contributed by atoms with E-state index in [1.54, 1.807) is 31.2 Å². The number of hydrogen-bond acceptors (Lipinski definition) is 3. The fourth-order valence-electron chi connectivity index (χ4n) is 2.01. The van der Waals surface area contributed by atoms with Crippen LogP contribution >= 0.6 is 0 Å². The molecule has 2 rings (SSSR count). The van der Waals surface area contributed by atoms with Crippen molar-refractivity contribution < 1.29 is 27.4 Å². The maximum atomic E-state index is 12.5. The lowest BCUT2D eigenvalue weighted by molar-refractivity contribution is -0.137. The first kappa shape index (κ1) is 18.6. The molecule has 4 nitrogen and oxygen atoms in total. The molecule has 0 spiro atoms. The van der Waals surface area contributed by atoms with E-state index in [4.69, 9.17) is 9.47 Å². The second-order valence-electron chi connectivity index (χ2n) is 5.25. The Morgan fingerprint density at radius 2 is 1.48 bits per heavy atom. The normalized spacial score (nSPS) is 12.4. The van der Waals surface area contributed by atoms with Gasteiger partial charge in [0, 0.05) is 6.54 Å². The van der Waals surface area contributed by atoms with Crippen LogP contribution < -0.4 is 14.8 Å². The summed E-state index contributed by atoms with van der Waals surface area (Å²) in [5.41, 5.74) is -0.733. The molecule has 0 fully saturated rings. The SMILES string of the molecule is CCNC(=O)C(C)Oc1ccc(Oc2ccc(C(F)(F)F)cc2)cc1. The van der Waals surface area contributed by atoms with Crippen LogP contribution in [-0.4, -0.2) is 18.6 Å². The summed E-state index contributed by atoms with van der Waals surface area (Å²) in [5, 5.41) is 2.66. The summed E-state index contributed by atoms with van der Waals surface area (Å²) in [6.45, 7) is 3.97. The molecule has 0 heterocycles. The van der Waals surface area contributed by atoms with Crippen molar-refractivity contribution in [1.82, 2.24) is 5.32 Å². The third-order valence-electron chi connectivity index (χ3n) is 3.27. The Morgan fingerprint density at radius 1 is 1.00 bits per heavy atom. The number of ether oxygens (including phenoxy) is 2. The molecule has 0 aliphatic heterocycles. The second kappa shape index (κ2) is 7.92. The molecule has 1 N–H and O–H groups in total. The van der Waals surface area contributed by atoms with E-state index in [2.05, 4.69) is 5.32 Å². The van der Waals surface area contributed by atoms with Gasteiger partial charge in [0.2, 0.25) is 0 Å². The van der Waals surface area contributed by atoms with Crippen molar-refractivity contribution in [2.75, 3.05) is 6.54 Å². The minimum Gasteiger partial charge on any atom is -0.481 e. The predicted molar refractivity (Wildman–Crippen MR) is 86.7 cm³/mol. The number of alkyl halides is 3. The van der Waals surface area contributed by atoms with Crippen LogP contribution in [0.3, 0.4) is 0 Å². The van der Waals surface area contributed by atoms with Gasteiger partial charge in [-0.15, -0.1) is 0 Å². The number of nitrogens with one attached hydrogen (secondary N) is 1. The van der Waals surface area contributed by atoms with Crippen LogP contribution in [0.1, 0.15) is 19.4 Å². The molecule has 0 aromatic heterocycles. The molecular weight excluding hydrogens is 335 g/mol. The first-order valence-electron chi connectivity index (χ1n) is 7.69. The highest BCUT2D eigenvalue weighted by atomic mass is 19.4. The van der Waals surface area contributed by atoms with Gasteiger partial charge in [0.15, 0.2) is 6.10 Å². The number of benzene rings is 2. The van der Waals surface area contributed by atoms with Crippen molar-refractivity contribution in [2.24, 2.45) is 0 Å². The van der Waals surface area contributed by atoms with Gasteiger partial charge in [-0.3, -0.25) is 4.79 Å². The zero-order chi connectivity index (χ0) is 18.4. The number of rotatable bonds is 6. The fraction of sp³-hybridized carbons (Fsp3) is 0.278. The quantitative estimate of drug-likeness (QED) is 0.837. The summed E-state index contributed by atoms with van der Waals surface area (Å²) in [6.07, 6.45) is -5.01. The Balaban J connectivity index is 1.97. The lowest BCUT2D eigenvalue weighted by atomic mass is 10.2. The molecule has 2 aromatic carbocycles. The number of hydrogen-bond donors (Lipinski definition) is 1.